The van der Waals surface area contributed by atoms with Gasteiger partial charge in [0, 0.05) is 40.5 Å². The quantitative estimate of drug-likeness (QED) is 0.220. The molecule has 0 radical (unpaired) electrons. The predicted octanol–water partition coefficient (Wildman–Crippen LogP) is -0.169. The lowest BCUT2D eigenvalue weighted by Crippen LogP contribution is -2.76. The van der Waals surface area contributed by atoms with E-state index in [2.05, 4.69) is 0 Å². The Bertz CT molecular complexity index is 1330. The standard InChI is InChI=1S/C30H38O15/c1-13-27(37)45-21-10-19(11-31)8-9-20(40-14(2)32)28(7)23(26(30(13,21)38)44-18(6)36)29(12-39-29)25(43-17(5)35)22(41-15(3)33)24(28)42-16(4)34/h8-10,13,20-26,31,38H,11-12H2,1-7H3/b9-8-,19-10+/t13-,20+,21-,22+,23+,24-,25+,26+,28+,29-,30-/m0/s1. The van der Waals surface area contributed by atoms with E-state index in [0.717, 1.165) is 34.6 Å². The fourth-order valence-corrected chi connectivity index (χ4v) is 7.11. The van der Waals surface area contributed by atoms with E-state index >= 15 is 0 Å². The van der Waals surface area contributed by atoms with E-state index in [4.69, 9.17) is 33.2 Å². The highest BCUT2D eigenvalue weighted by molar-refractivity contribution is 5.78. The number of aliphatic hydroxyl groups is 2. The maximum atomic E-state index is 13.1. The zero-order chi connectivity index (χ0) is 33.6. The van der Waals surface area contributed by atoms with Crippen LogP contribution < -0.4 is 0 Å². The molecule has 2 heterocycles. The summed E-state index contributed by atoms with van der Waals surface area (Å²) in [7, 11) is 0. The molecule has 0 aromatic heterocycles. The predicted molar refractivity (Wildman–Crippen MR) is 146 cm³/mol. The van der Waals surface area contributed by atoms with Gasteiger partial charge in [0.2, 0.25) is 0 Å². The molecule has 2 aliphatic carbocycles. The van der Waals surface area contributed by atoms with Crippen molar-refractivity contribution in [3.8, 4) is 0 Å². The van der Waals surface area contributed by atoms with Gasteiger partial charge in [-0.15, -0.1) is 0 Å². The van der Waals surface area contributed by atoms with Crippen molar-refractivity contribution in [3.63, 3.8) is 0 Å². The van der Waals surface area contributed by atoms with Crippen molar-refractivity contribution in [1.29, 1.82) is 0 Å². The molecule has 0 aromatic carbocycles. The van der Waals surface area contributed by atoms with E-state index in [1.54, 1.807) is 0 Å². The molecule has 3 fully saturated rings. The van der Waals surface area contributed by atoms with Crippen LogP contribution in [0.25, 0.3) is 0 Å². The third-order valence-corrected chi connectivity index (χ3v) is 8.99. The summed E-state index contributed by atoms with van der Waals surface area (Å²) in [5.41, 5.74) is -5.83. The molecule has 0 unspecified atom stereocenters. The molecule has 0 bridgehead atoms. The van der Waals surface area contributed by atoms with Crippen molar-refractivity contribution in [2.45, 2.75) is 96.3 Å². The van der Waals surface area contributed by atoms with Gasteiger partial charge >= 0.3 is 35.8 Å². The first-order valence-corrected chi connectivity index (χ1v) is 14.4. The second-order valence-corrected chi connectivity index (χ2v) is 12.0. The first-order chi connectivity index (χ1) is 20.9. The van der Waals surface area contributed by atoms with E-state index in [-0.39, 0.29) is 12.2 Å². The molecular formula is C30H38O15. The molecule has 2 saturated heterocycles. The number of fused-ring (bicyclic) bond motifs is 3. The third-order valence-electron chi connectivity index (χ3n) is 8.99. The molecule has 1 saturated carbocycles. The van der Waals surface area contributed by atoms with Gasteiger partial charge in [0.25, 0.3) is 0 Å². The summed E-state index contributed by atoms with van der Waals surface area (Å²) >= 11 is 0. The molecule has 15 heteroatoms. The summed E-state index contributed by atoms with van der Waals surface area (Å²) < 4.78 is 40.4. The van der Waals surface area contributed by atoms with Crippen LogP contribution in [0, 0.1) is 17.3 Å². The van der Waals surface area contributed by atoms with Crippen LogP contribution in [0.5, 0.6) is 0 Å². The average molecular weight is 639 g/mol. The average Bonchev–Trinajstić information content (AvgIpc) is 3.68. The zero-order valence-electron chi connectivity index (χ0n) is 26.0. The van der Waals surface area contributed by atoms with Crippen LogP contribution in [0.4, 0.5) is 0 Å². The van der Waals surface area contributed by atoms with Gasteiger partial charge in [0.1, 0.15) is 17.8 Å². The van der Waals surface area contributed by atoms with E-state index in [1.165, 1.54) is 32.1 Å². The highest BCUT2D eigenvalue weighted by atomic mass is 16.7. The van der Waals surface area contributed by atoms with Crippen LogP contribution in [0.3, 0.4) is 0 Å². The van der Waals surface area contributed by atoms with Gasteiger partial charge in [-0.1, -0.05) is 13.0 Å². The second-order valence-electron chi connectivity index (χ2n) is 12.0. The number of ether oxygens (including phenoxy) is 7. The summed E-state index contributed by atoms with van der Waals surface area (Å²) in [6, 6.07) is 0. The molecule has 1 spiro atoms. The minimum atomic E-state index is -2.38. The van der Waals surface area contributed by atoms with Gasteiger partial charge in [-0.25, -0.2) is 0 Å². The van der Waals surface area contributed by atoms with Crippen LogP contribution in [0.2, 0.25) is 0 Å². The third kappa shape index (κ3) is 5.84. The first-order valence-electron chi connectivity index (χ1n) is 14.4. The highest BCUT2D eigenvalue weighted by Gasteiger charge is 2.81. The minimum absolute atomic E-state index is 0.118. The van der Waals surface area contributed by atoms with E-state index in [1.807, 2.05) is 0 Å². The molecule has 2 N–H and O–H groups in total. The Morgan fingerprint density at radius 3 is 1.87 bits per heavy atom. The number of rotatable bonds is 6. The lowest BCUT2D eigenvalue weighted by molar-refractivity contribution is -0.279. The van der Waals surface area contributed by atoms with Crippen LogP contribution in [0.15, 0.2) is 23.8 Å². The molecule has 45 heavy (non-hydrogen) atoms. The highest BCUT2D eigenvalue weighted by Crippen LogP contribution is 2.63. The number of hydrogen-bond donors (Lipinski definition) is 2. The molecule has 0 amide bonds. The van der Waals surface area contributed by atoms with Crippen molar-refractivity contribution < 1.29 is 72.1 Å². The van der Waals surface area contributed by atoms with E-state index < -0.39 is 107 Å². The topological polar surface area (TPSA) is 211 Å². The zero-order valence-corrected chi connectivity index (χ0v) is 26.0. The van der Waals surface area contributed by atoms with Crippen molar-refractivity contribution in [2.75, 3.05) is 13.2 Å². The smallest absolute Gasteiger partial charge is 0.312 e. The Hall–Kier alpha value is -3.82. The molecule has 248 valence electrons. The number of esters is 6. The first kappa shape index (κ1) is 34.1. The summed E-state index contributed by atoms with van der Waals surface area (Å²) in [4.78, 5) is 76.1. The number of epoxide rings is 1. The molecular weight excluding hydrogens is 600 g/mol. The Balaban J connectivity index is 2.17. The molecule has 2 aliphatic heterocycles. The van der Waals surface area contributed by atoms with Gasteiger partial charge in [-0.05, 0) is 24.6 Å². The lowest BCUT2D eigenvalue weighted by atomic mass is 9.51. The van der Waals surface area contributed by atoms with Gasteiger partial charge in [0.05, 0.1) is 24.5 Å². The number of aliphatic hydroxyl groups excluding tert-OH is 1. The SMILES string of the molecule is CC(=O)O[C@H]1[C@@H](OC(C)=O)[C@]2(CO2)[C@@H]2[C@@H](OC(C)=O)[C@@]3(O)[C@H](/C=C(CO)\C=C/[C@@H](OC(C)=O)[C@@]2(C)[C@H]1OC(C)=O)OC(=O)[C@@H]3C. The summed E-state index contributed by atoms with van der Waals surface area (Å²) in [6.45, 7) is 7.42. The molecule has 4 rings (SSSR count). The number of carbonyl (C=O) groups excluding carboxylic acids is 6. The maximum absolute atomic E-state index is 13.1. The van der Waals surface area contributed by atoms with Crippen LogP contribution in [-0.4, -0.2) is 107 Å². The van der Waals surface area contributed by atoms with E-state index in [0.29, 0.717) is 0 Å². The van der Waals surface area contributed by atoms with Gasteiger partial charge in [0.15, 0.2) is 30.0 Å². The fraction of sp³-hybridized carbons (Fsp3) is 0.667. The van der Waals surface area contributed by atoms with Crippen LogP contribution in [0.1, 0.15) is 48.5 Å². The number of carbonyl (C=O) groups is 6. The van der Waals surface area contributed by atoms with Crippen LogP contribution >= 0.6 is 0 Å². The molecule has 11 atom stereocenters. The fourth-order valence-electron chi connectivity index (χ4n) is 7.11. The molecule has 4 aliphatic rings. The van der Waals surface area contributed by atoms with Gasteiger partial charge < -0.3 is 43.4 Å². The van der Waals surface area contributed by atoms with E-state index in [9.17, 15) is 39.0 Å². The Morgan fingerprint density at radius 2 is 1.38 bits per heavy atom. The van der Waals surface area contributed by atoms with Gasteiger partial charge in [-0.2, -0.15) is 0 Å². The normalized spacial score (nSPS) is 42.0. The van der Waals surface area contributed by atoms with Gasteiger partial charge in [-0.3, -0.25) is 28.8 Å². The van der Waals surface area contributed by atoms with Crippen molar-refractivity contribution in [1.82, 2.24) is 0 Å². The minimum Gasteiger partial charge on any atom is -0.459 e. The van der Waals surface area contributed by atoms with Crippen molar-refractivity contribution in [2.24, 2.45) is 17.3 Å². The monoisotopic (exact) mass is 638 g/mol. The molecule has 0 aromatic rings. The summed E-state index contributed by atoms with van der Waals surface area (Å²) in [5, 5.41) is 22.8. The van der Waals surface area contributed by atoms with Crippen LogP contribution in [-0.2, 0) is 61.9 Å². The Kier molecular flexibility index (Phi) is 9.21. The van der Waals surface area contributed by atoms with Crippen molar-refractivity contribution in [3.05, 3.63) is 23.8 Å². The molecule has 15 nitrogen and oxygen atoms in total. The largest absolute Gasteiger partial charge is 0.459 e. The Labute approximate surface area is 258 Å². The lowest BCUT2D eigenvalue weighted by Gasteiger charge is -2.59. The Morgan fingerprint density at radius 1 is 0.867 bits per heavy atom. The van der Waals surface area contributed by atoms with Crippen molar-refractivity contribution >= 4 is 35.8 Å². The summed E-state index contributed by atoms with van der Waals surface area (Å²) in [6.07, 6.45) is -5.38. The number of hydrogen-bond acceptors (Lipinski definition) is 15. The maximum Gasteiger partial charge on any atom is 0.312 e. The summed E-state index contributed by atoms with van der Waals surface area (Å²) in [5.74, 6) is -7.91. The second kappa shape index (κ2) is 12.2.